The molecule has 0 amide bonds. The van der Waals surface area contributed by atoms with Gasteiger partial charge in [-0.05, 0) is 60.9 Å². The van der Waals surface area contributed by atoms with E-state index in [0.717, 1.165) is 33.6 Å². The Labute approximate surface area is 195 Å². The van der Waals surface area contributed by atoms with Crippen LogP contribution < -0.4 is 14.8 Å². The smallest absolute Gasteiger partial charge is 0.313 e. The van der Waals surface area contributed by atoms with E-state index >= 15 is 4.57 Å². The van der Waals surface area contributed by atoms with Crippen molar-refractivity contribution in [3.05, 3.63) is 100 Å². The Kier molecular flexibility index (Phi) is 4.98. The van der Waals surface area contributed by atoms with Crippen LogP contribution in [0.1, 0.15) is 30.5 Å². The van der Waals surface area contributed by atoms with E-state index in [2.05, 4.69) is 80.2 Å². The van der Waals surface area contributed by atoms with E-state index in [1.54, 1.807) is 11.0 Å². The lowest BCUT2D eigenvalue weighted by molar-refractivity contribution is 0.579. The number of nitrogens with zero attached hydrogens (tertiary/aromatic N) is 3. The predicted octanol–water partition coefficient (Wildman–Crippen LogP) is 7.05. The van der Waals surface area contributed by atoms with Gasteiger partial charge >= 0.3 is 7.44 Å². The van der Waals surface area contributed by atoms with Crippen LogP contribution in [0.5, 0.6) is 0 Å². The topological polar surface area (TPSA) is 47.9 Å². The molecule has 5 nitrogen and oxygen atoms in total. The fraction of sp³-hybridized carbons (Fsp3) is 0.222. The molecule has 0 spiro atoms. The molecule has 33 heavy (non-hydrogen) atoms. The first-order valence-corrected chi connectivity index (χ1v) is 12.8. The standard InChI is InChI=1S/C27H29N4OP/c1-19-15-16-21(17-20(19)2)29-33(32)25(18-28-31(33)22-11-7-6-8-12-22)26-27(3,4)23-13-9-10-14-24(23)30(26)5/h6-18H,1-5H3,(H,29,32)/b26-25-/t33-/m1/s1. The molecule has 168 valence electrons. The number of rotatable bonds is 3. The van der Waals surface area contributed by atoms with Crippen LogP contribution in [0, 0.1) is 13.8 Å². The predicted molar refractivity (Wildman–Crippen MR) is 139 cm³/mol. The van der Waals surface area contributed by atoms with Crippen LogP contribution in [0.3, 0.4) is 0 Å². The fourth-order valence-corrected chi connectivity index (χ4v) is 7.39. The van der Waals surface area contributed by atoms with Gasteiger partial charge in [0.15, 0.2) is 0 Å². The molecule has 0 aromatic heterocycles. The SMILES string of the molecule is Cc1ccc(N[P@]2(=O)/C(=C3\N(C)c4ccccc4C3(C)C)C=NN2c2ccccc2)cc1C. The molecule has 0 fully saturated rings. The molecular weight excluding hydrogens is 427 g/mol. The molecule has 5 rings (SSSR count). The molecule has 1 N–H and O–H groups in total. The van der Waals surface area contributed by atoms with Gasteiger partial charge in [0, 0.05) is 29.5 Å². The van der Waals surface area contributed by atoms with Gasteiger partial charge in [-0.15, -0.1) is 0 Å². The number of anilines is 3. The van der Waals surface area contributed by atoms with Crippen molar-refractivity contribution in [2.75, 3.05) is 21.8 Å². The maximum atomic E-state index is 15.0. The van der Waals surface area contributed by atoms with Gasteiger partial charge in [-0.1, -0.05) is 56.3 Å². The Morgan fingerprint density at radius 1 is 0.909 bits per heavy atom. The summed E-state index contributed by atoms with van der Waals surface area (Å²) in [6.45, 7) is 8.53. The molecule has 0 aliphatic carbocycles. The number of para-hydroxylation sites is 2. The minimum atomic E-state index is -3.36. The highest BCUT2D eigenvalue weighted by Gasteiger charge is 2.48. The summed E-state index contributed by atoms with van der Waals surface area (Å²) in [5, 5.41) is 8.83. The summed E-state index contributed by atoms with van der Waals surface area (Å²) in [6, 6.07) is 24.2. The summed E-state index contributed by atoms with van der Waals surface area (Å²) in [7, 11) is -1.31. The van der Waals surface area contributed by atoms with Gasteiger partial charge < -0.3 is 9.99 Å². The van der Waals surface area contributed by atoms with Gasteiger partial charge in [-0.2, -0.15) is 9.88 Å². The lowest BCUT2D eigenvalue weighted by Gasteiger charge is -2.31. The molecule has 0 bridgehead atoms. The van der Waals surface area contributed by atoms with E-state index in [1.165, 1.54) is 11.1 Å². The largest absolute Gasteiger partial charge is 0.346 e. The zero-order valence-electron chi connectivity index (χ0n) is 19.7. The summed E-state index contributed by atoms with van der Waals surface area (Å²) in [5.41, 5.74) is 7.01. The van der Waals surface area contributed by atoms with E-state index < -0.39 is 7.44 Å². The van der Waals surface area contributed by atoms with Crippen molar-refractivity contribution in [3.8, 4) is 0 Å². The third-order valence-electron chi connectivity index (χ3n) is 6.77. The van der Waals surface area contributed by atoms with Crippen molar-refractivity contribution < 1.29 is 4.57 Å². The Morgan fingerprint density at radius 3 is 2.30 bits per heavy atom. The summed E-state index contributed by atoms with van der Waals surface area (Å²) in [5.74, 6) is 0. The maximum Gasteiger partial charge on any atom is 0.313 e. The normalized spacial score (nSPS) is 23.2. The van der Waals surface area contributed by atoms with Crippen molar-refractivity contribution in [3.63, 3.8) is 0 Å². The molecule has 3 aromatic carbocycles. The second kappa shape index (κ2) is 7.64. The molecule has 3 aromatic rings. The Balaban J connectivity index is 1.71. The third-order valence-corrected chi connectivity index (χ3v) is 9.18. The highest BCUT2D eigenvalue weighted by atomic mass is 31.2. The average Bonchev–Trinajstić information content (AvgIpc) is 3.22. The molecule has 2 heterocycles. The van der Waals surface area contributed by atoms with E-state index in [4.69, 9.17) is 0 Å². The first-order valence-electron chi connectivity index (χ1n) is 11.2. The van der Waals surface area contributed by atoms with Crippen molar-refractivity contribution in [2.24, 2.45) is 5.10 Å². The number of hydrazone groups is 1. The van der Waals surface area contributed by atoms with Crippen molar-refractivity contribution >= 4 is 30.7 Å². The molecule has 6 heteroatoms. The van der Waals surface area contributed by atoms with E-state index in [1.807, 2.05) is 42.5 Å². The molecule has 0 saturated carbocycles. The highest BCUT2D eigenvalue weighted by molar-refractivity contribution is 7.72. The van der Waals surface area contributed by atoms with Crippen LogP contribution in [0.2, 0.25) is 0 Å². The van der Waals surface area contributed by atoms with Crippen molar-refractivity contribution in [2.45, 2.75) is 33.1 Å². The summed E-state index contributed by atoms with van der Waals surface area (Å²) >= 11 is 0. The molecule has 2 aliphatic rings. The summed E-state index contributed by atoms with van der Waals surface area (Å²) in [6.07, 6.45) is 1.78. The Hall–Kier alpha value is -3.30. The van der Waals surface area contributed by atoms with Gasteiger partial charge in [0.05, 0.1) is 17.2 Å². The lowest BCUT2D eigenvalue weighted by Crippen LogP contribution is -2.26. The van der Waals surface area contributed by atoms with Gasteiger partial charge in [0.1, 0.15) is 0 Å². The summed E-state index contributed by atoms with van der Waals surface area (Å²) in [4.78, 5) is 2.17. The van der Waals surface area contributed by atoms with E-state index in [-0.39, 0.29) is 5.41 Å². The van der Waals surface area contributed by atoms with Crippen molar-refractivity contribution in [1.29, 1.82) is 0 Å². The Morgan fingerprint density at radius 2 is 1.61 bits per heavy atom. The zero-order chi connectivity index (χ0) is 23.4. The average molecular weight is 457 g/mol. The second-order valence-electron chi connectivity index (χ2n) is 9.29. The third kappa shape index (κ3) is 3.30. The molecule has 0 saturated heterocycles. The first-order chi connectivity index (χ1) is 15.7. The lowest BCUT2D eigenvalue weighted by atomic mass is 9.84. The van der Waals surface area contributed by atoms with Crippen LogP contribution >= 0.6 is 7.44 Å². The fourth-order valence-electron chi connectivity index (χ4n) is 4.91. The van der Waals surface area contributed by atoms with Crippen LogP contribution in [-0.4, -0.2) is 13.3 Å². The molecule has 2 aliphatic heterocycles. The maximum absolute atomic E-state index is 15.0. The van der Waals surface area contributed by atoms with Gasteiger partial charge in [0.25, 0.3) is 0 Å². The highest BCUT2D eigenvalue weighted by Crippen LogP contribution is 2.64. The molecule has 0 unspecified atom stereocenters. The summed E-state index contributed by atoms with van der Waals surface area (Å²) < 4.78 is 16.7. The number of likely N-dealkylation sites (N-methyl/N-ethyl adjacent to an activating group) is 1. The number of hydrogen-bond acceptors (Lipinski definition) is 3. The van der Waals surface area contributed by atoms with Crippen molar-refractivity contribution in [1.82, 2.24) is 0 Å². The van der Waals surface area contributed by atoms with Gasteiger partial charge in [0.2, 0.25) is 0 Å². The minimum Gasteiger partial charge on any atom is -0.346 e. The minimum absolute atomic E-state index is 0.320. The zero-order valence-corrected chi connectivity index (χ0v) is 20.6. The van der Waals surface area contributed by atoms with Gasteiger partial charge in [-0.25, -0.2) is 0 Å². The quantitative estimate of drug-likeness (QED) is 0.429. The number of aryl methyl sites for hydroxylation is 2. The number of allylic oxidation sites excluding steroid dienone is 2. The number of benzene rings is 3. The second-order valence-corrected chi connectivity index (χ2v) is 11.5. The number of fused-ring (bicyclic) bond motifs is 1. The van der Waals surface area contributed by atoms with E-state index in [0.29, 0.717) is 0 Å². The van der Waals surface area contributed by atoms with Crippen LogP contribution in [-0.2, 0) is 9.98 Å². The van der Waals surface area contributed by atoms with Crippen LogP contribution in [0.15, 0.2) is 88.9 Å². The molecule has 0 radical (unpaired) electrons. The van der Waals surface area contributed by atoms with E-state index in [9.17, 15) is 0 Å². The van der Waals surface area contributed by atoms with Crippen LogP contribution in [0.4, 0.5) is 17.1 Å². The van der Waals surface area contributed by atoms with Gasteiger partial charge in [-0.3, -0.25) is 4.57 Å². The first kappa shape index (κ1) is 21.5. The van der Waals surface area contributed by atoms with Crippen LogP contribution in [0.25, 0.3) is 0 Å². The number of hydrogen-bond donors (Lipinski definition) is 1. The molecular formula is C27H29N4OP. The Bertz CT molecular complexity index is 1340. The number of nitrogens with one attached hydrogen (secondary N) is 1. The molecule has 1 atom stereocenters. The monoisotopic (exact) mass is 456 g/mol.